The lowest BCUT2D eigenvalue weighted by Crippen LogP contribution is -2.24. The van der Waals surface area contributed by atoms with E-state index in [1.807, 2.05) is 13.0 Å². The highest BCUT2D eigenvalue weighted by Crippen LogP contribution is 2.19. The van der Waals surface area contributed by atoms with Crippen LogP contribution in [0.15, 0.2) is 42.5 Å². The first-order chi connectivity index (χ1) is 10.7. The fourth-order valence-electron chi connectivity index (χ4n) is 2.08. The molecule has 0 saturated carbocycles. The minimum atomic E-state index is -3.61. The SMILES string of the molecule is Cc1cccc(CS(=O)(=O)CC(=O)Nc2ccc(F)c(Cl)c2)c1. The van der Waals surface area contributed by atoms with Crippen LogP contribution >= 0.6 is 11.6 Å². The molecular weight excluding hydrogens is 341 g/mol. The summed E-state index contributed by atoms with van der Waals surface area (Å²) in [5, 5.41) is 2.25. The number of hydrogen-bond donors (Lipinski definition) is 1. The van der Waals surface area contributed by atoms with Gasteiger partial charge in [0.2, 0.25) is 5.91 Å². The number of nitrogens with one attached hydrogen (secondary N) is 1. The Balaban J connectivity index is 2.02. The highest BCUT2D eigenvalue weighted by molar-refractivity contribution is 7.91. The van der Waals surface area contributed by atoms with E-state index in [1.54, 1.807) is 18.2 Å². The number of sulfone groups is 1. The zero-order valence-electron chi connectivity index (χ0n) is 12.3. The summed E-state index contributed by atoms with van der Waals surface area (Å²) in [5.74, 6) is -2.18. The molecule has 0 heterocycles. The van der Waals surface area contributed by atoms with Crippen LogP contribution in [0.2, 0.25) is 5.02 Å². The van der Waals surface area contributed by atoms with E-state index in [2.05, 4.69) is 5.32 Å². The van der Waals surface area contributed by atoms with Gasteiger partial charge in [0.05, 0.1) is 10.8 Å². The van der Waals surface area contributed by atoms with Gasteiger partial charge in [0, 0.05) is 5.69 Å². The molecule has 7 heteroatoms. The molecule has 0 bridgehead atoms. The Morgan fingerprint density at radius 2 is 1.96 bits per heavy atom. The van der Waals surface area contributed by atoms with Crippen LogP contribution in [0.4, 0.5) is 10.1 Å². The molecule has 2 aromatic rings. The van der Waals surface area contributed by atoms with Crippen molar-refractivity contribution in [3.05, 3.63) is 64.4 Å². The molecule has 0 fully saturated rings. The van der Waals surface area contributed by atoms with E-state index in [4.69, 9.17) is 11.6 Å². The van der Waals surface area contributed by atoms with Crippen LogP contribution in [0.5, 0.6) is 0 Å². The summed E-state index contributed by atoms with van der Waals surface area (Å²) in [7, 11) is -3.61. The summed E-state index contributed by atoms with van der Waals surface area (Å²) in [6.07, 6.45) is 0. The van der Waals surface area contributed by atoms with Gasteiger partial charge < -0.3 is 5.32 Å². The smallest absolute Gasteiger partial charge is 0.239 e. The van der Waals surface area contributed by atoms with Crippen molar-refractivity contribution in [1.29, 1.82) is 0 Å². The van der Waals surface area contributed by atoms with Gasteiger partial charge in [-0.15, -0.1) is 0 Å². The molecule has 0 unspecified atom stereocenters. The maximum absolute atomic E-state index is 13.0. The molecule has 1 N–H and O–H groups in total. The van der Waals surface area contributed by atoms with Crippen LogP contribution in [0.3, 0.4) is 0 Å². The van der Waals surface area contributed by atoms with Crippen molar-refractivity contribution >= 4 is 33.0 Å². The molecule has 122 valence electrons. The van der Waals surface area contributed by atoms with Crippen LogP contribution in [0, 0.1) is 12.7 Å². The third-order valence-corrected chi connectivity index (χ3v) is 4.79. The molecule has 23 heavy (non-hydrogen) atoms. The molecule has 0 aliphatic heterocycles. The van der Waals surface area contributed by atoms with Crippen molar-refractivity contribution in [3.8, 4) is 0 Å². The number of hydrogen-bond acceptors (Lipinski definition) is 3. The topological polar surface area (TPSA) is 63.2 Å². The molecule has 0 spiro atoms. The van der Waals surface area contributed by atoms with E-state index in [-0.39, 0.29) is 16.5 Å². The second-order valence-corrected chi connectivity index (χ2v) is 7.67. The first kappa shape index (κ1) is 17.4. The molecule has 0 saturated heterocycles. The largest absolute Gasteiger partial charge is 0.325 e. The second-order valence-electron chi connectivity index (χ2n) is 5.20. The normalized spacial score (nSPS) is 11.3. The van der Waals surface area contributed by atoms with Crippen molar-refractivity contribution in [2.45, 2.75) is 12.7 Å². The standard InChI is InChI=1S/C16H15ClFNO3S/c1-11-3-2-4-12(7-11)9-23(21,22)10-16(20)19-13-5-6-15(18)14(17)8-13/h2-8H,9-10H2,1H3,(H,19,20). The van der Waals surface area contributed by atoms with Crippen LogP contribution in [-0.4, -0.2) is 20.1 Å². The average molecular weight is 356 g/mol. The maximum Gasteiger partial charge on any atom is 0.239 e. The molecule has 0 aromatic heterocycles. The van der Waals surface area contributed by atoms with Gasteiger partial charge in [-0.25, -0.2) is 12.8 Å². The first-order valence-electron chi connectivity index (χ1n) is 6.76. The summed E-state index contributed by atoms with van der Waals surface area (Å²) >= 11 is 5.61. The second kappa shape index (κ2) is 7.10. The van der Waals surface area contributed by atoms with E-state index in [0.29, 0.717) is 5.56 Å². The Bertz CT molecular complexity index is 837. The van der Waals surface area contributed by atoms with Crippen molar-refractivity contribution in [2.75, 3.05) is 11.1 Å². The van der Waals surface area contributed by atoms with Crippen molar-refractivity contribution < 1.29 is 17.6 Å². The van der Waals surface area contributed by atoms with Gasteiger partial charge in [-0.2, -0.15) is 0 Å². The minimum absolute atomic E-state index is 0.148. The number of carbonyl (C=O) groups is 1. The van der Waals surface area contributed by atoms with Crippen LogP contribution in [0.25, 0.3) is 0 Å². The lowest BCUT2D eigenvalue weighted by molar-refractivity contribution is -0.113. The molecule has 0 aliphatic carbocycles. The van der Waals surface area contributed by atoms with Crippen LogP contribution < -0.4 is 5.32 Å². The number of aryl methyl sites for hydroxylation is 1. The molecule has 2 rings (SSSR count). The molecule has 0 atom stereocenters. The third-order valence-electron chi connectivity index (χ3n) is 3.02. The van der Waals surface area contributed by atoms with Crippen molar-refractivity contribution in [1.82, 2.24) is 0 Å². The van der Waals surface area contributed by atoms with Crippen LogP contribution in [-0.2, 0) is 20.4 Å². The summed E-state index contributed by atoms with van der Waals surface area (Å²) < 4.78 is 37.2. The summed E-state index contributed by atoms with van der Waals surface area (Å²) in [5.41, 5.74) is 1.82. The Kier molecular flexibility index (Phi) is 5.38. The van der Waals surface area contributed by atoms with E-state index in [1.165, 1.54) is 12.1 Å². The molecule has 2 aromatic carbocycles. The zero-order valence-corrected chi connectivity index (χ0v) is 13.9. The minimum Gasteiger partial charge on any atom is -0.325 e. The third kappa shape index (κ3) is 5.33. The lowest BCUT2D eigenvalue weighted by Gasteiger charge is -2.07. The van der Waals surface area contributed by atoms with Crippen LogP contribution in [0.1, 0.15) is 11.1 Å². The van der Waals surface area contributed by atoms with E-state index < -0.39 is 27.3 Å². The fraction of sp³-hybridized carbons (Fsp3) is 0.188. The highest BCUT2D eigenvalue weighted by Gasteiger charge is 2.18. The predicted molar refractivity (Wildman–Crippen MR) is 88.7 cm³/mol. The number of halogens is 2. The average Bonchev–Trinajstić information content (AvgIpc) is 2.41. The van der Waals surface area contributed by atoms with E-state index in [9.17, 15) is 17.6 Å². The van der Waals surface area contributed by atoms with Gasteiger partial charge in [-0.3, -0.25) is 4.79 Å². The molecule has 4 nitrogen and oxygen atoms in total. The number of amides is 1. The Hall–Kier alpha value is -1.92. The fourth-order valence-corrected chi connectivity index (χ4v) is 3.52. The lowest BCUT2D eigenvalue weighted by atomic mass is 10.2. The quantitative estimate of drug-likeness (QED) is 0.894. The van der Waals surface area contributed by atoms with E-state index >= 15 is 0 Å². The number of benzene rings is 2. The molecule has 0 radical (unpaired) electrons. The Labute approximate surface area is 139 Å². The molecule has 1 amide bonds. The summed E-state index contributed by atoms with van der Waals surface area (Å²) in [6, 6.07) is 10.7. The summed E-state index contributed by atoms with van der Waals surface area (Å²) in [4.78, 5) is 11.9. The van der Waals surface area contributed by atoms with Gasteiger partial charge in [0.1, 0.15) is 11.6 Å². The zero-order chi connectivity index (χ0) is 17.0. The number of carbonyl (C=O) groups excluding carboxylic acids is 1. The first-order valence-corrected chi connectivity index (χ1v) is 8.96. The Morgan fingerprint density at radius 3 is 2.61 bits per heavy atom. The predicted octanol–water partition coefficient (Wildman–Crippen LogP) is 3.34. The summed E-state index contributed by atoms with van der Waals surface area (Å²) in [6.45, 7) is 1.86. The Morgan fingerprint density at radius 1 is 1.22 bits per heavy atom. The highest BCUT2D eigenvalue weighted by atomic mass is 35.5. The van der Waals surface area contributed by atoms with Gasteiger partial charge in [0.25, 0.3) is 0 Å². The monoisotopic (exact) mass is 355 g/mol. The maximum atomic E-state index is 13.0. The number of rotatable bonds is 5. The molecular formula is C16H15ClFNO3S. The van der Waals surface area contributed by atoms with Gasteiger partial charge in [-0.05, 0) is 30.7 Å². The van der Waals surface area contributed by atoms with Gasteiger partial charge in [-0.1, -0.05) is 41.4 Å². The van der Waals surface area contributed by atoms with Crippen molar-refractivity contribution in [2.24, 2.45) is 0 Å². The molecule has 0 aliphatic rings. The van der Waals surface area contributed by atoms with Gasteiger partial charge >= 0.3 is 0 Å². The van der Waals surface area contributed by atoms with E-state index in [0.717, 1.165) is 11.6 Å². The number of anilines is 1. The van der Waals surface area contributed by atoms with Crippen molar-refractivity contribution in [3.63, 3.8) is 0 Å². The van der Waals surface area contributed by atoms with Gasteiger partial charge in [0.15, 0.2) is 9.84 Å².